The summed E-state index contributed by atoms with van der Waals surface area (Å²) in [6.07, 6.45) is 0. The fourth-order valence-corrected chi connectivity index (χ4v) is 5.14. The lowest BCUT2D eigenvalue weighted by atomic mass is 10.2. The van der Waals surface area contributed by atoms with Crippen LogP contribution in [0.15, 0.2) is 65.6 Å². The van der Waals surface area contributed by atoms with E-state index in [0.29, 0.717) is 16.3 Å². The number of ether oxygens (including phenoxy) is 1. The number of benzene rings is 3. The Labute approximate surface area is 208 Å². The monoisotopic (exact) mass is 520 g/mol. The maximum absolute atomic E-state index is 13.5. The van der Waals surface area contributed by atoms with Gasteiger partial charge in [-0.25, -0.2) is 13.2 Å². The topological polar surface area (TPSA) is 92.8 Å². The molecule has 1 amide bonds. The number of nitrogens with one attached hydrogen (secondary N) is 1. The zero-order chi connectivity index (χ0) is 25.0. The van der Waals surface area contributed by atoms with E-state index < -0.39 is 28.4 Å². The van der Waals surface area contributed by atoms with Gasteiger partial charge in [0.2, 0.25) is 5.91 Å². The third-order valence-corrected chi connectivity index (χ3v) is 7.32. The van der Waals surface area contributed by atoms with Crippen LogP contribution in [0.2, 0.25) is 10.0 Å². The van der Waals surface area contributed by atoms with Gasteiger partial charge in [-0.1, -0.05) is 40.9 Å². The number of nitrogens with zero attached hydrogens (tertiary/aromatic N) is 1. The molecule has 1 N–H and O–H groups in total. The zero-order valence-corrected chi connectivity index (χ0v) is 21.0. The SMILES string of the molecule is COC(=O)c1cc(NC(=O)CN(c2ccc(Cl)cc2C)S(=O)(=O)c2ccc(C)cc2)ccc1Cl. The molecular formula is C24H22Cl2N2O5S. The number of aryl methyl sites for hydroxylation is 2. The van der Waals surface area contributed by atoms with E-state index >= 15 is 0 Å². The summed E-state index contributed by atoms with van der Waals surface area (Å²) in [5.74, 6) is -1.29. The number of anilines is 2. The van der Waals surface area contributed by atoms with Gasteiger partial charge in [0.05, 0.1) is 28.3 Å². The number of hydrogen-bond donors (Lipinski definition) is 1. The Hall–Kier alpha value is -3.07. The van der Waals surface area contributed by atoms with Gasteiger partial charge < -0.3 is 10.1 Å². The number of amides is 1. The van der Waals surface area contributed by atoms with Crippen molar-refractivity contribution in [1.82, 2.24) is 0 Å². The van der Waals surface area contributed by atoms with E-state index in [9.17, 15) is 18.0 Å². The van der Waals surface area contributed by atoms with Crippen LogP contribution in [0.5, 0.6) is 0 Å². The first-order valence-electron chi connectivity index (χ1n) is 10.1. The standard InChI is InChI=1S/C24H22Cl2N2O5S/c1-15-4-8-19(9-5-15)34(31,32)28(22-11-6-17(25)12-16(22)2)14-23(29)27-18-7-10-21(26)20(13-18)24(30)33-3/h4-13H,14H2,1-3H3,(H,27,29). The molecule has 0 aliphatic heterocycles. The highest BCUT2D eigenvalue weighted by Gasteiger charge is 2.28. The number of esters is 1. The minimum absolute atomic E-state index is 0.0414. The summed E-state index contributed by atoms with van der Waals surface area (Å²) in [4.78, 5) is 24.9. The fourth-order valence-electron chi connectivity index (χ4n) is 3.24. The van der Waals surface area contributed by atoms with E-state index in [0.717, 1.165) is 9.87 Å². The number of rotatable bonds is 7. The lowest BCUT2D eigenvalue weighted by Crippen LogP contribution is -2.38. The summed E-state index contributed by atoms with van der Waals surface area (Å²) in [6.45, 7) is 3.03. The minimum atomic E-state index is -4.09. The van der Waals surface area contributed by atoms with Crippen LogP contribution >= 0.6 is 23.2 Å². The molecule has 34 heavy (non-hydrogen) atoms. The Kier molecular flexibility index (Phi) is 7.86. The summed E-state index contributed by atoms with van der Waals surface area (Å²) < 4.78 is 32.8. The van der Waals surface area contributed by atoms with Crippen LogP contribution in [0.3, 0.4) is 0 Å². The molecule has 0 bridgehead atoms. The molecule has 3 aromatic rings. The lowest BCUT2D eigenvalue weighted by molar-refractivity contribution is -0.114. The van der Waals surface area contributed by atoms with Crippen molar-refractivity contribution in [3.05, 3.63) is 87.4 Å². The number of hydrogen-bond acceptors (Lipinski definition) is 5. The number of carbonyl (C=O) groups excluding carboxylic acids is 2. The normalized spacial score (nSPS) is 11.1. The van der Waals surface area contributed by atoms with Gasteiger partial charge >= 0.3 is 5.97 Å². The summed E-state index contributed by atoms with van der Waals surface area (Å²) >= 11 is 12.1. The van der Waals surface area contributed by atoms with Crippen LogP contribution in [0, 0.1) is 13.8 Å². The first kappa shape index (κ1) is 25.6. The van der Waals surface area contributed by atoms with Crippen molar-refractivity contribution >= 4 is 56.5 Å². The molecule has 0 fully saturated rings. The van der Waals surface area contributed by atoms with Crippen LogP contribution in [0.1, 0.15) is 21.5 Å². The Bertz CT molecular complexity index is 1340. The predicted molar refractivity (Wildman–Crippen MR) is 133 cm³/mol. The molecule has 0 radical (unpaired) electrons. The van der Waals surface area contributed by atoms with Crippen molar-refractivity contribution in [2.24, 2.45) is 0 Å². The Morgan fingerprint density at radius 3 is 2.26 bits per heavy atom. The predicted octanol–water partition coefficient (Wildman–Crippen LogP) is 5.23. The maximum Gasteiger partial charge on any atom is 0.339 e. The van der Waals surface area contributed by atoms with Crippen molar-refractivity contribution in [3.8, 4) is 0 Å². The van der Waals surface area contributed by atoms with Gasteiger partial charge in [0.1, 0.15) is 6.54 Å². The summed E-state index contributed by atoms with van der Waals surface area (Å²) in [7, 11) is -2.88. The molecule has 3 aromatic carbocycles. The highest BCUT2D eigenvalue weighted by Crippen LogP contribution is 2.29. The highest BCUT2D eigenvalue weighted by atomic mass is 35.5. The van der Waals surface area contributed by atoms with E-state index in [1.165, 1.54) is 37.4 Å². The first-order valence-corrected chi connectivity index (χ1v) is 12.3. The third-order valence-electron chi connectivity index (χ3n) is 4.98. The molecular weight excluding hydrogens is 499 g/mol. The molecule has 0 aliphatic carbocycles. The largest absolute Gasteiger partial charge is 0.465 e. The number of methoxy groups -OCH3 is 1. The van der Waals surface area contributed by atoms with Crippen molar-refractivity contribution in [1.29, 1.82) is 0 Å². The van der Waals surface area contributed by atoms with Gasteiger partial charge in [-0.05, 0) is 67.9 Å². The molecule has 0 heterocycles. The minimum Gasteiger partial charge on any atom is -0.465 e. The number of halogens is 2. The smallest absolute Gasteiger partial charge is 0.339 e. The molecule has 0 aromatic heterocycles. The molecule has 0 atom stereocenters. The van der Waals surface area contributed by atoms with E-state index in [4.69, 9.17) is 23.2 Å². The van der Waals surface area contributed by atoms with E-state index in [2.05, 4.69) is 10.1 Å². The molecule has 0 saturated heterocycles. The van der Waals surface area contributed by atoms with Crippen molar-refractivity contribution < 1.29 is 22.7 Å². The molecule has 10 heteroatoms. The van der Waals surface area contributed by atoms with Gasteiger partial charge in [0.25, 0.3) is 10.0 Å². The first-order chi connectivity index (χ1) is 16.0. The van der Waals surface area contributed by atoms with Crippen LogP contribution in [-0.4, -0.2) is 33.9 Å². The van der Waals surface area contributed by atoms with E-state index in [-0.39, 0.29) is 21.2 Å². The van der Waals surface area contributed by atoms with Gasteiger partial charge in [0, 0.05) is 10.7 Å². The van der Waals surface area contributed by atoms with E-state index in [1.54, 1.807) is 37.3 Å². The second-order valence-corrected chi connectivity index (χ2v) is 10.2. The molecule has 0 aliphatic rings. The molecule has 3 rings (SSSR count). The van der Waals surface area contributed by atoms with Gasteiger partial charge in [-0.3, -0.25) is 9.10 Å². The summed E-state index contributed by atoms with van der Waals surface area (Å²) in [5, 5.41) is 3.21. The maximum atomic E-state index is 13.5. The van der Waals surface area contributed by atoms with Gasteiger partial charge in [-0.2, -0.15) is 0 Å². The molecule has 0 unspecified atom stereocenters. The Morgan fingerprint density at radius 1 is 0.971 bits per heavy atom. The summed E-state index contributed by atoms with van der Waals surface area (Å²) in [6, 6.07) is 15.4. The average Bonchev–Trinajstić information content (AvgIpc) is 2.79. The zero-order valence-electron chi connectivity index (χ0n) is 18.6. The van der Waals surface area contributed by atoms with Crippen LogP contribution in [-0.2, 0) is 19.6 Å². The molecule has 7 nitrogen and oxygen atoms in total. The average molecular weight is 521 g/mol. The second-order valence-electron chi connectivity index (χ2n) is 7.49. The van der Waals surface area contributed by atoms with Crippen LogP contribution in [0.25, 0.3) is 0 Å². The number of sulfonamides is 1. The quantitative estimate of drug-likeness (QED) is 0.430. The van der Waals surface area contributed by atoms with Gasteiger partial charge in [0.15, 0.2) is 0 Å². The van der Waals surface area contributed by atoms with E-state index in [1.807, 2.05) is 6.92 Å². The van der Waals surface area contributed by atoms with Crippen LogP contribution < -0.4 is 9.62 Å². The molecule has 0 saturated carbocycles. The van der Waals surface area contributed by atoms with Crippen molar-refractivity contribution in [2.75, 3.05) is 23.3 Å². The Morgan fingerprint density at radius 2 is 1.65 bits per heavy atom. The second kappa shape index (κ2) is 10.5. The van der Waals surface area contributed by atoms with Crippen LogP contribution in [0.4, 0.5) is 11.4 Å². The molecule has 178 valence electrons. The fraction of sp³-hybridized carbons (Fsp3) is 0.167. The summed E-state index contributed by atoms with van der Waals surface area (Å²) in [5.41, 5.74) is 2.12. The number of carbonyl (C=O) groups is 2. The van der Waals surface area contributed by atoms with Gasteiger partial charge in [-0.15, -0.1) is 0 Å². The van der Waals surface area contributed by atoms with Crippen molar-refractivity contribution in [3.63, 3.8) is 0 Å². The Balaban J connectivity index is 1.97. The highest BCUT2D eigenvalue weighted by molar-refractivity contribution is 7.92. The third kappa shape index (κ3) is 5.70. The van der Waals surface area contributed by atoms with Crippen molar-refractivity contribution in [2.45, 2.75) is 18.7 Å². The molecule has 0 spiro atoms. The lowest BCUT2D eigenvalue weighted by Gasteiger charge is -2.26.